The predicted octanol–water partition coefficient (Wildman–Crippen LogP) is 6.31. The Hall–Kier alpha value is -1.76. The molecule has 0 spiro atoms. The van der Waals surface area contributed by atoms with Crippen LogP contribution in [0.5, 0.6) is 5.75 Å². The molecule has 1 fully saturated rings. The normalized spacial score (nSPS) is 15.4. The van der Waals surface area contributed by atoms with Crippen LogP contribution in [0.3, 0.4) is 0 Å². The molecule has 3 rings (SSSR count). The molecule has 1 aliphatic carbocycles. The van der Waals surface area contributed by atoms with Gasteiger partial charge >= 0.3 is 0 Å². The molecule has 1 nitrogen and oxygen atoms in total. The van der Waals surface area contributed by atoms with E-state index in [9.17, 15) is 0 Å². The Morgan fingerprint density at radius 2 is 1.58 bits per heavy atom. The van der Waals surface area contributed by atoms with Gasteiger partial charge in [-0.2, -0.15) is 0 Å². The molecule has 2 aromatic carbocycles. The highest BCUT2D eigenvalue weighted by Gasteiger charge is 2.21. The van der Waals surface area contributed by atoms with E-state index in [4.69, 9.17) is 4.74 Å². The third kappa shape index (κ3) is 4.41. The lowest BCUT2D eigenvalue weighted by atomic mass is 9.80. The Balaban J connectivity index is 1.63. The van der Waals surface area contributed by atoms with Crippen LogP contribution in [0.4, 0.5) is 0 Å². The van der Waals surface area contributed by atoms with E-state index in [1.807, 2.05) is 7.11 Å². The maximum Gasteiger partial charge on any atom is 0.122 e. The summed E-state index contributed by atoms with van der Waals surface area (Å²) < 4.78 is 5.71. The van der Waals surface area contributed by atoms with Gasteiger partial charge in [-0.25, -0.2) is 0 Å². The fourth-order valence-electron chi connectivity index (χ4n) is 4.13. The van der Waals surface area contributed by atoms with Crippen molar-refractivity contribution in [3.05, 3.63) is 65.2 Å². The Labute approximate surface area is 147 Å². The molecule has 0 aliphatic heterocycles. The lowest BCUT2D eigenvalue weighted by Crippen LogP contribution is -2.09. The van der Waals surface area contributed by atoms with Gasteiger partial charge in [0.25, 0.3) is 0 Å². The first kappa shape index (κ1) is 17.1. The van der Waals surface area contributed by atoms with Gasteiger partial charge in [0.2, 0.25) is 0 Å². The Kier molecular flexibility index (Phi) is 6.34. The van der Waals surface area contributed by atoms with Crippen molar-refractivity contribution in [3.8, 4) is 5.75 Å². The molecule has 24 heavy (non-hydrogen) atoms. The minimum atomic E-state index is 0.707. The number of ether oxygens (including phenoxy) is 1. The SMILES string of the molecule is COc1cccc(CCCCc2ccccc2)c1C1CCCCC1. The average Bonchev–Trinajstić information content (AvgIpc) is 2.66. The Morgan fingerprint density at radius 3 is 2.33 bits per heavy atom. The fraction of sp³-hybridized carbons (Fsp3) is 0.478. The van der Waals surface area contributed by atoms with Gasteiger partial charge in [0.05, 0.1) is 7.11 Å². The van der Waals surface area contributed by atoms with E-state index < -0.39 is 0 Å². The van der Waals surface area contributed by atoms with Crippen molar-refractivity contribution in [2.45, 2.75) is 63.7 Å². The summed E-state index contributed by atoms with van der Waals surface area (Å²) in [4.78, 5) is 0. The molecule has 0 unspecified atom stereocenters. The first-order chi connectivity index (χ1) is 11.9. The number of hydrogen-bond donors (Lipinski definition) is 0. The number of unbranched alkanes of at least 4 members (excludes halogenated alkanes) is 1. The van der Waals surface area contributed by atoms with E-state index in [1.54, 1.807) is 0 Å². The molecule has 0 amide bonds. The monoisotopic (exact) mass is 322 g/mol. The van der Waals surface area contributed by atoms with Crippen LogP contribution in [-0.4, -0.2) is 7.11 Å². The van der Waals surface area contributed by atoms with Crippen molar-refractivity contribution in [3.63, 3.8) is 0 Å². The zero-order valence-corrected chi connectivity index (χ0v) is 15.0. The number of hydrogen-bond acceptors (Lipinski definition) is 1. The van der Waals surface area contributed by atoms with Crippen molar-refractivity contribution in [2.75, 3.05) is 7.11 Å². The predicted molar refractivity (Wildman–Crippen MR) is 102 cm³/mol. The topological polar surface area (TPSA) is 9.23 Å². The molecule has 1 heteroatoms. The lowest BCUT2D eigenvalue weighted by molar-refractivity contribution is 0.385. The lowest BCUT2D eigenvalue weighted by Gasteiger charge is -2.26. The van der Waals surface area contributed by atoms with Gasteiger partial charge in [-0.15, -0.1) is 0 Å². The summed E-state index contributed by atoms with van der Waals surface area (Å²) in [6.07, 6.45) is 11.7. The van der Waals surface area contributed by atoms with Crippen LogP contribution in [0.2, 0.25) is 0 Å². The second-order valence-electron chi connectivity index (χ2n) is 7.06. The zero-order valence-electron chi connectivity index (χ0n) is 15.0. The highest BCUT2D eigenvalue weighted by molar-refractivity contribution is 5.43. The van der Waals surface area contributed by atoms with Crippen molar-refractivity contribution < 1.29 is 4.74 Å². The first-order valence-corrected chi connectivity index (χ1v) is 9.58. The number of methoxy groups -OCH3 is 1. The maximum atomic E-state index is 5.71. The summed E-state index contributed by atoms with van der Waals surface area (Å²) in [6.45, 7) is 0. The molecule has 0 saturated heterocycles. The van der Waals surface area contributed by atoms with Gasteiger partial charge in [-0.1, -0.05) is 61.7 Å². The van der Waals surface area contributed by atoms with Crippen LogP contribution in [0.15, 0.2) is 48.5 Å². The Bertz CT molecular complexity index is 611. The van der Waals surface area contributed by atoms with Crippen molar-refractivity contribution in [1.29, 1.82) is 0 Å². The van der Waals surface area contributed by atoms with Crippen LogP contribution < -0.4 is 4.74 Å². The molecule has 0 heterocycles. The molecule has 2 aromatic rings. The van der Waals surface area contributed by atoms with Gasteiger partial charge in [0, 0.05) is 5.56 Å². The van der Waals surface area contributed by atoms with Crippen LogP contribution in [-0.2, 0) is 12.8 Å². The van der Waals surface area contributed by atoms with Gasteiger partial charge in [-0.3, -0.25) is 0 Å². The molecule has 128 valence electrons. The second kappa shape index (κ2) is 8.92. The quantitative estimate of drug-likeness (QED) is 0.543. The van der Waals surface area contributed by atoms with E-state index in [0.717, 1.165) is 5.75 Å². The molecular formula is C23H30O. The summed E-state index contributed by atoms with van der Waals surface area (Å²) in [5.74, 6) is 1.82. The van der Waals surface area contributed by atoms with E-state index in [1.165, 1.54) is 74.5 Å². The minimum absolute atomic E-state index is 0.707. The van der Waals surface area contributed by atoms with Gasteiger partial charge in [0.1, 0.15) is 5.75 Å². The third-order valence-corrected chi connectivity index (χ3v) is 5.39. The summed E-state index contributed by atoms with van der Waals surface area (Å²) in [5, 5.41) is 0. The Morgan fingerprint density at radius 1 is 0.833 bits per heavy atom. The molecule has 1 saturated carbocycles. The molecule has 1 aliphatic rings. The maximum absolute atomic E-state index is 5.71. The second-order valence-corrected chi connectivity index (χ2v) is 7.06. The summed E-state index contributed by atoms with van der Waals surface area (Å²) in [5.41, 5.74) is 4.49. The number of rotatable bonds is 7. The van der Waals surface area contributed by atoms with E-state index in [-0.39, 0.29) is 0 Å². The largest absolute Gasteiger partial charge is 0.496 e. The van der Waals surface area contributed by atoms with Gasteiger partial charge in [0.15, 0.2) is 0 Å². The molecule has 0 aromatic heterocycles. The summed E-state index contributed by atoms with van der Waals surface area (Å²) in [6, 6.07) is 17.5. The molecular weight excluding hydrogens is 292 g/mol. The molecule has 0 N–H and O–H groups in total. The summed E-state index contributed by atoms with van der Waals surface area (Å²) >= 11 is 0. The zero-order chi connectivity index (χ0) is 16.6. The summed E-state index contributed by atoms with van der Waals surface area (Å²) in [7, 11) is 1.82. The van der Waals surface area contributed by atoms with Crippen LogP contribution in [0, 0.1) is 0 Å². The van der Waals surface area contributed by atoms with Crippen molar-refractivity contribution in [1.82, 2.24) is 0 Å². The van der Waals surface area contributed by atoms with Crippen molar-refractivity contribution >= 4 is 0 Å². The molecule has 0 atom stereocenters. The standard InChI is InChI=1S/C23H30O/c1-24-22-18-10-17-21(23(22)20-14-6-3-7-15-20)16-9-8-13-19-11-4-2-5-12-19/h2,4-5,10-12,17-18,20H,3,6-9,13-16H2,1H3. The highest BCUT2D eigenvalue weighted by atomic mass is 16.5. The van der Waals surface area contributed by atoms with Gasteiger partial charge < -0.3 is 4.74 Å². The van der Waals surface area contributed by atoms with E-state index in [2.05, 4.69) is 48.5 Å². The van der Waals surface area contributed by atoms with Crippen LogP contribution >= 0.6 is 0 Å². The van der Waals surface area contributed by atoms with E-state index in [0.29, 0.717) is 5.92 Å². The third-order valence-electron chi connectivity index (χ3n) is 5.39. The number of aryl methyl sites for hydroxylation is 2. The fourth-order valence-corrected chi connectivity index (χ4v) is 4.13. The van der Waals surface area contributed by atoms with Crippen LogP contribution in [0.25, 0.3) is 0 Å². The molecule has 0 bridgehead atoms. The van der Waals surface area contributed by atoms with E-state index >= 15 is 0 Å². The van der Waals surface area contributed by atoms with Crippen molar-refractivity contribution in [2.24, 2.45) is 0 Å². The smallest absolute Gasteiger partial charge is 0.122 e. The molecule has 0 radical (unpaired) electrons. The average molecular weight is 322 g/mol. The number of benzene rings is 2. The van der Waals surface area contributed by atoms with Gasteiger partial charge in [-0.05, 0) is 61.6 Å². The van der Waals surface area contributed by atoms with Crippen LogP contribution in [0.1, 0.15) is 67.6 Å². The highest BCUT2D eigenvalue weighted by Crippen LogP contribution is 2.39. The minimum Gasteiger partial charge on any atom is -0.496 e. The first-order valence-electron chi connectivity index (χ1n) is 9.58.